The molecule has 1 unspecified atom stereocenters. The number of thioether (sulfide) groups is 1. The highest BCUT2D eigenvalue weighted by Gasteiger charge is 2.17. The summed E-state index contributed by atoms with van der Waals surface area (Å²) < 4.78 is 0. The molecule has 2 heterocycles. The highest BCUT2D eigenvalue weighted by Crippen LogP contribution is 2.24. The van der Waals surface area contributed by atoms with E-state index in [-0.39, 0.29) is 17.2 Å². The molecule has 1 amide bonds. The third-order valence-corrected chi connectivity index (χ3v) is 5.07. The van der Waals surface area contributed by atoms with Crippen molar-refractivity contribution in [3.8, 4) is 0 Å². The second-order valence-electron chi connectivity index (χ2n) is 5.15. The van der Waals surface area contributed by atoms with Crippen LogP contribution in [0.5, 0.6) is 0 Å². The number of aromatic nitrogens is 2. The first-order valence-electron chi connectivity index (χ1n) is 7.13. The fourth-order valence-electron chi connectivity index (χ4n) is 2.55. The molecule has 1 aliphatic heterocycles. The number of hydrogen-bond acceptors (Lipinski definition) is 4. The van der Waals surface area contributed by atoms with Crippen molar-refractivity contribution in [3.63, 3.8) is 0 Å². The maximum absolute atomic E-state index is 12.3. The average Bonchev–Trinajstić information content (AvgIpc) is 2.54. The number of benzene rings is 1. The zero-order valence-corrected chi connectivity index (χ0v) is 12.4. The monoisotopic (exact) mass is 303 g/mol. The maximum Gasteiger partial charge on any atom is 0.272 e. The fraction of sp³-hybridized carbons (Fsp3) is 0.400. The molecule has 1 atom stereocenters. The number of hydrogen-bond donors (Lipinski definition) is 2. The Kier molecular flexibility index (Phi) is 4.24. The van der Waals surface area contributed by atoms with Gasteiger partial charge >= 0.3 is 0 Å². The molecule has 2 N–H and O–H groups in total. The minimum absolute atomic E-state index is 0.228. The number of fused-ring (bicyclic) bond motifs is 1. The van der Waals surface area contributed by atoms with Gasteiger partial charge < -0.3 is 5.32 Å². The van der Waals surface area contributed by atoms with Crippen molar-refractivity contribution in [1.29, 1.82) is 0 Å². The normalized spacial score (nSPS) is 18.6. The van der Waals surface area contributed by atoms with Gasteiger partial charge in [0.15, 0.2) is 5.69 Å². The highest BCUT2D eigenvalue weighted by molar-refractivity contribution is 7.99. The van der Waals surface area contributed by atoms with Gasteiger partial charge in [-0.15, -0.1) is 0 Å². The molecule has 1 saturated heterocycles. The summed E-state index contributed by atoms with van der Waals surface area (Å²) in [4.78, 5) is 24.0. The van der Waals surface area contributed by atoms with Crippen LogP contribution in [0.25, 0.3) is 10.8 Å². The first-order valence-corrected chi connectivity index (χ1v) is 8.18. The van der Waals surface area contributed by atoms with E-state index in [1.54, 1.807) is 24.3 Å². The Morgan fingerprint density at radius 1 is 1.33 bits per heavy atom. The van der Waals surface area contributed by atoms with Crippen LogP contribution in [0.3, 0.4) is 0 Å². The minimum Gasteiger partial charge on any atom is -0.350 e. The Bertz CT molecular complexity index is 707. The summed E-state index contributed by atoms with van der Waals surface area (Å²) in [6, 6.07) is 7.03. The van der Waals surface area contributed by atoms with E-state index in [9.17, 15) is 9.59 Å². The van der Waals surface area contributed by atoms with Crippen LogP contribution in [0.4, 0.5) is 0 Å². The predicted octanol–water partition coefficient (Wildman–Crippen LogP) is 1.94. The van der Waals surface area contributed by atoms with Crippen LogP contribution in [-0.4, -0.2) is 33.7 Å². The molecule has 0 radical (unpaired) electrons. The summed E-state index contributed by atoms with van der Waals surface area (Å²) in [5.74, 6) is 0.939. The zero-order chi connectivity index (χ0) is 14.7. The number of H-pyrrole nitrogens is 1. The maximum atomic E-state index is 12.3. The van der Waals surface area contributed by atoms with Crippen LogP contribution in [0.1, 0.15) is 29.8 Å². The van der Waals surface area contributed by atoms with Crippen LogP contribution >= 0.6 is 11.8 Å². The molecule has 0 spiro atoms. The lowest BCUT2D eigenvalue weighted by Gasteiger charge is -2.21. The van der Waals surface area contributed by atoms with E-state index in [1.165, 1.54) is 18.6 Å². The molecule has 21 heavy (non-hydrogen) atoms. The Hall–Kier alpha value is -1.82. The molecule has 0 bridgehead atoms. The molecular weight excluding hydrogens is 286 g/mol. The van der Waals surface area contributed by atoms with E-state index >= 15 is 0 Å². The number of nitrogens with zero attached hydrogens (tertiary/aromatic N) is 1. The van der Waals surface area contributed by atoms with Crippen molar-refractivity contribution < 1.29 is 4.79 Å². The predicted molar refractivity (Wildman–Crippen MR) is 84.8 cm³/mol. The Morgan fingerprint density at radius 2 is 2.14 bits per heavy atom. The molecule has 1 aromatic heterocycles. The zero-order valence-electron chi connectivity index (χ0n) is 11.6. The Balaban J connectivity index is 1.78. The van der Waals surface area contributed by atoms with E-state index in [0.717, 1.165) is 6.42 Å². The van der Waals surface area contributed by atoms with E-state index < -0.39 is 0 Å². The standard InChI is InChI=1S/C15H17N3O2S/c19-14-12-7-2-1-6-11(12)13(17-18-14)15(20)16-9-10-5-3-4-8-21-10/h1-2,6-7,10H,3-5,8-9H2,(H,16,20)(H,18,19). The molecule has 5 nitrogen and oxygen atoms in total. The van der Waals surface area contributed by atoms with Crippen LogP contribution in [0.15, 0.2) is 29.1 Å². The van der Waals surface area contributed by atoms with Gasteiger partial charge in [-0.05, 0) is 24.7 Å². The topological polar surface area (TPSA) is 74.8 Å². The Morgan fingerprint density at radius 3 is 2.90 bits per heavy atom. The van der Waals surface area contributed by atoms with E-state index in [2.05, 4.69) is 15.5 Å². The smallest absolute Gasteiger partial charge is 0.272 e. The largest absolute Gasteiger partial charge is 0.350 e. The van der Waals surface area contributed by atoms with Crippen molar-refractivity contribution in [2.45, 2.75) is 24.5 Å². The summed E-state index contributed by atoms with van der Waals surface area (Å²) in [6.07, 6.45) is 3.64. The van der Waals surface area contributed by atoms with Gasteiger partial charge in [0.05, 0.1) is 5.39 Å². The molecule has 1 aliphatic rings. The van der Waals surface area contributed by atoms with Gasteiger partial charge in [-0.2, -0.15) is 16.9 Å². The lowest BCUT2D eigenvalue weighted by atomic mass is 10.1. The molecule has 0 saturated carbocycles. The van der Waals surface area contributed by atoms with Crippen molar-refractivity contribution in [3.05, 3.63) is 40.3 Å². The summed E-state index contributed by atoms with van der Waals surface area (Å²) >= 11 is 1.91. The molecule has 6 heteroatoms. The van der Waals surface area contributed by atoms with Gasteiger partial charge in [0.2, 0.25) is 0 Å². The number of carbonyl (C=O) groups excluding carboxylic acids is 1. The lowest BCUT2D eigenvalue weighted by Crippen LogP contribution is -2.33. The molecule has 1 aromatic carbocycles. The second-order valence-corrected chi connectivity index (χ2v) is 6.55. The lowest BCUT2D eigenvalue weighted by molar-refractivity contribution is 0.0949. The molecule has 3 rings (SSSR count). The number of rotatable bonds is 3. The first-order chi connectivity index (χ1) is 10.3. The van der Waals surface area contributed by atoms with Gasteiger partial charge in [-0.25, -0.2) is 5.10 Å². The third kappa shape index (κ3) is 3.10. The van der Waals surface area contributed by atoms with Crippen molar-refractivity contribution >= 4 is 28.4 Å². The van der Waals surface area contributed by atoms with Crippen LogP contribution in [-0.2, 0) is 0 Å². The number of carbonyl (C=O) groups is 1. The summed E-state index contributed by atoms with van der Waals surface area (Å²) in [6.45, 7) is 0.651. The van der Waals surface area contributed by atoms with Gasteiger partial charge in [-0.3, -0.25) is 9.59 Å². The average molecular weight is 303 g/mol. The highest BCUT2D eigenvalue weighted by atomic mass is 32.2. The minimum atomic E-state index is -0.273. The summed E-state index contributed by atoms with van der Waals surface area (Å²) in [5.41, 5.74) is 0.0102. The molecule has 2 aromatic rings. The summed E-state index contributed by atoms with van der Waals surface area (Å²) in [5, 5.41) is 10.8. The van der Waals surface area contributed by atoms with Gasteiger partial charge in [-0.1, -0.05) is 24.6 Å². The first kappa shape index (κ1) is 14.1. The van der Waals surface area contributed by atoms with Gasteiger partial charge in [0, 0.05) is 17.2 Å². The quantitative estimate of drug-likeness (QED) is 0.908. The summed E-state index contributed by atoms with van der Waals surface area (Å²) in [7, 11) is 0. The number of amides is 1. The van der Waals surface area contributed by atoms with Crippen LogP contribution in [0.2, 0.25) is 0 Å². The number of nitrogens with one attached hydrogen (secondary N) is 2. The van der Waals surface area contributed by atoms with Gasteiger partial charge in [0.25, 0.3) is 11.5 Å². The second kappa shape index (κ2) is 6.30. The van der Waals surface area contributed by atoms with Crippen molar-refractivity contribution in [1.82, 2.24) is 15.5 Å². The molecule has 110 valence electrons. The molecular formula is C15H17N3O2S. The van der Waals surface area contributed by atoms with E-state index in [1.807, 2.05) is 11.8 Å². The van der Waals surface area contributed by atoms with E-state index in [0.29, 0.717) is 22.6 Å². The van der Waals surface area contributed by atoms with Crippen molar-refractivity contribution in [2.75, 3.05) is 12.3 Å². The number of aromatic amines is 1. The Labute approximate surface area is 126 Å². The molecule has 0 aliphatic carbocycles. The molecule has 1 fully saturated rings. The van der Waals surface area contributed by atoms with Crippen molar-refractivity contribution in [2.24, 2.45) is 0 Å². The van der Waals surface area contributed by atoms with Gasteiger partial charge in [0.1, 0.15) is 0 Å². The van der Waals surface area contributed by atoms with Crippen LogP contribution in [0, 0.1) is 0 Å². The SMILES string of the molecule is O=C(NCC1CCCCS1)c1n[nH]c(=O)c2ccccc12. The van der Waals surface area contributed by atoms with E-state index in [4.69, 9.17) is 0 Å². The van der Waals surface area contributed by atoms with Crippen LogP contribution < -0.4 is 10.9 Å². The third-order valence-electron chi connectivity index (χ3n) is 3.68. The fourth-order valence-corrected chi connectivity index (χ4v) is 3.79.